The first kappa shape index (κ1) is 37.4. The Bertz CT molecular complexity index is 1830. The van der Waals surface area contributed by atoms with Gasteiger partial charge < -0.3 is 24.0 Å². The average Bonchev–Trinajstić information content (AvgIpc) is 3.16. The molecule has 2 amide bonds. The zero-order chi connectivity index (χ0) is 36.4. The highest BCUT2D eigenvalue weighted by molar-refractivity contribution is 7.93. The number of sulfonamides is 1. The minimum absolute atomic E-state index is 0.0461. The summed E-state index contributed by atoms with van der Waals surface area (Å²) in [5.41, 5.74) is -1.95. The van der Waals surface area contributed by atoms with Crippen molar-refractivity contribution in [3.05, 3.63) is 82.6 Å². The molecule has 1 unspecified atom stereocenters. The SMILES string of the molecule is COc1cc2c(cc1Cl)C(CCCN1CCCN(C(=O)OC(C)(C)C)CC1)(c1ccccc1F)C(=O)N2S(=O)(=O)c1ccc(OC(C)C)cc1. The summed E-state index contributed by atoms with van der Waals surface area (Å²) in [6.07, 6.45) is 0.733. The molecule has 10 nitrogen and oxygen atoms in total. The predicted octanol–water partition coefficient (Wildman–Crippen LogP) is 7.02. The molecule has 2 aliphatic heterocycles. The molecule has 0 saturated carbocycles. The lowest BCUT2D eigenvalue weighted by Crippen LogP contribution is -2.45. The quantitative estimate of drug-likeness (QED) is 0.219. The van der Waals surface area contributed by atoms with Crippen LogP contribution in [0.2, 0.25) is 5.02 Å². The topological polar surface area (TPSA) is 106 Å². The van der Waals surface area contributed by atoms with Crippen LogP contribution in [0.25, 0.3) is 0 Å². The summed E-state index contributed by atoms with van der Waals surface area (Å²) < 4.78 is 62.2. The van der Waals surface area contributed by atoms with Crippen LogP contribution in [0.15, 0.2) is 65.6 Å². The molecule has 0 N–H and O–H groups in total. The zero-order valence-electron chi connectivity index (χ0n) is 29.4. The van der Waals surface area contributed by atoms with E-state index in [1.165, 1.54) is 61.7 Å². The minimum Gasteiger partial charge on any atom is -0.495 e. The maximum Gasteiger partial charge on any atom is 0.410 e. The molecule has 3 aromatic rings. The smallest absolute Gasteiger partial charge is 0.410 e. The first-order valence-electron chi connectivity index (χ1n) is 16.8. The van der Waals surface area contributed by atoms with Crippen molar-refractivity contribution in [2.75, 3.05) is 44.1 Å². The van der Waals surface area contributed by atoms with E-state index < -0.39 is 32.8 Å². The number of fused-ring (bicyclic) bond motifs is 1. The lowest BCUT2D eigenvalue weighted by molar-refractivity contribution is -0.121. The van der Waals surface area contributed by atoms with Crippen molar-refractivity contribution in [1.29, 1.82) is 0 Å². The summed E-state index contributed by atoms with van der Waals surface area (Å²) in [4.78, 5) is 31.4. The molecule has 0 radical (unpaired) electrons. The fourth-order valence-electron chi connectivity index (χ4n) is 6.63. The second kappa shape index (κ2) is 14.8. The Balaban J connectivity index is 1.51. The third-order valence-corrected chi connectivity index (χ3v) is 10.8. The number of ether oxygens (including phenoxy) is 3. The first-order chi connectivity index (χ1) is 23.6. The molecule has 2 aliphatic rings. The number of nitrogens with zero attached hydrogens (tertiary/aromatic N) is 3. The molecule has 1 saturated heterocycles. The monoisotopic (exact) mass is 729 g/mol. The summed E-state index contributed by atoms with van der Waals surface area (Å²) in [5.74, 6) is -0.807. The normalized spacial score (nSPS) is 18.6. The highest BCUT2D eigenvalue weighted by Gasteiger charge is 2.57. The fourth-order valence-corrected chi connectivity index (χ4v) is 8.34. The molecule has 2 heterocycles. The van der Waals surface area contributed by atoms with Gasteiger partial charge in [-0.05, 0) is 109 Å². The molecule has 0 spiro atoms. The summed E-state index contributed by atoms with van der Waals surface area (Å²) in [6.45, 7) is 12.0. The summed E-state index contributed by atoms with van der Waals surface area (Å²) in [7, 11) is -3.11. The van der Waals surface area contributed by atoms with Crippen LogP contribution in [0.3, 0.4) is 0 Å². The number of anilines is 1. The standard InChI is InChI=1S/C37H45ClFN3O7S/c1-25(2)48-26-13-15-27(16-14-26)50(45,46)42-32-24-33(47-6)30(38)23-29(32)37(34(42)43,28-11-7-8-12-31(28)39)17-9-18-40-19-10-20-41(22-21-40)35(44)49-36(3,4)5/h7-8,11-16,23-25H,9-10,17-22H2,1-6H3. The van der Waals surface area contributed by atoms with Gasteiger partial charge in [-0.1, -0.05) is 29.8 Å². The molecule has 1 fully saturated rings. The van der Waals surface area contributed by atoms with E-state index in [0.717, 1.165) is 10.7 Å². The van der Waals surface area contributed by atoms with E-state index in [9.17, 15) is 18.0 Å². The van der Waals surface area contributed by atoms with Crippen LogP contribution in [0, 0.1) is 5.82 Å². The Morgan fingerprint density at radius 2 is 1.70 bits per heavy atom. The van der Waals surface area contributed by atoms with Gasteiger partial charge in [-0.3, -0.25) is 4.79 Å². The van der Waals surface area contributed by atoms with Crippen LogP contribution < -0.4 is 13.8 Å². The van der Waals surface area contributed by atoms with E-state index in [-0.39, 0.29) is 51.1 Å². The third-order valence-electron chi connectivity index (χ3n) is 8.83. The number of benzene rings is 3. The van der Waals surface area contributed by atoms with Crippen LogP contribution >= 0.6 is 11.6 Å². The molecule has 0 bridgehead atoms. The number of rotatable bonds is 10. The van der Waals surface area contributed by atoms with Crippen molar-refractivity contribution < 1.29 is 36.6 Å². The van der Waals surface area contributed by atoms with Crippen LogP contribution in [0.5, 0.6) is 11.5 Å². The van der Waals surface area contributed by atoms with E-state index in [1.54, 1.807) is 11.0 Å². The molecule has 13 heteroatoms. The molecule has 0 aliphatic carbocycles. The van der Waals surface area contributed by atoms with Gasteiger partial charge in [-0.2, -0.15) is 0 Å². The lowest BCUT2D eigenvalue weighted by Gasteiger charge is -2.31. The van der Waals surface area contributed by atoms with Crippen molar-refractivity contribution in [1.82, 2.24) is 9.80 Å². The van der Waals surface area contributed by atoms with Crippen LogP contribution in [-0.2, 0) is 25.0 Å². The molecule has 1 atom stereocenters. The predicted molar refractivity (Wildman–Crippen MR) is 190 cm³/mol. The highest BCUT2D eigenvalue weighted by Crippen LogP contribution is 2.53. The average molecular weight is 730 g/mol. The van der Waals surface area contributed by atoms with E-state index >= 15 is 4.39 Å². The van der Waals surface area contributed by atoms with E-state index in [2.05, 4.69) is 4.90 Å². The van der Waals surface area contributed by atoms with Crippen molar-refractivity contribution >= 4 is 39.3 Å². The fraction of sp³-hybridized carbons (Fsp3) is 0.459. The van der Waals surface area contributed by atoms with Crippen LogP contribution in [0.4, 0.5) is 14.9 Å². The largest absolute Gasteiger partial charge is 0.495 e. The van der Waals surface area contributed by atoms with Gasteiger partial charge >= 0.3 is 6.09 Å². The van der Waals surface area contributed by atoms with Crippen molar-refractivity contribution in [3.8, 4) is 11.5 Å². The Labute approximate surface area is 299 Å². The van der Waals surface area contributed by atoms with E-state index in [0.29, 0.717) is 44.9 Å². The van der Waals surface area contributed by atoms with E-state index in [1.807, 2.05) is 34.6 Å². The molecular weight excluding hydrogens is 685 g/mol. The molecule has 3 aromatic carbocycles. The van der Waals surface area contributed by atoms with Gasteiger partial charge in [0.05, 0.1) is 28.8 Å². The number of hydrogen-bond donors (Lipinski definition) is 0. The molecular formula is C37H45ClFN3O7S. The van der Waals surface area contributed by atoms with Gasteiger partial charge in [0, 0.05) is 31.3 Å². The number of carbonyl (C=O) groups is 2. The third kappa shape index (κ3) is 7.57. The minimum atomic E-state index is -4.51. The molecule has 0 aromatic heterocycles. The number of carbonyl (C=O) groups excluding carboxylic acids is 2. The lowest BCUT2D eigenvalue weighted by atomic mass is 9.72. The van der Waals surface area contributed by atoms with Crippen molar-refractivity contribution in [2.24, 2.45) is 0 Å². The van der Waals surface area contributed by atoms with Crippen LogP contribution in [0.1, 0.15) is 65.0 Å². The van der Waals surface area contributed by atoms with Crippen molar-refractivity contribution in [3.63, 3.8) is 0 Å². The molecule has 50 heavy (non-hydrogen) atoms. The maximum atomic E-state index is 15.9. The van der Waals surface area contributed by atoms with Gasteiger partial charge in [-0.25, -0.2) is 21.9 Å². The Morgan fingerprint density at radius 1 is 1.00 bits per heavy atom. The number of hydrogen-bond acceptors (Lipinski definition) is 8. The Hall–Kier alpha value is -3.87. The second-order valence-corrected chi connectivity index (χ2v) is 16.1. The Kier molecular flexibility index (Phi) is 11.0. The molecule has 270 valence electrons. The van der Waals surface area contributed by atoms with Gasteiger partial charge in [0.2, 0.25) is 0 Å². The number of methoxy groups -OCH3 is 1. The summed E-state index contributed by atoms with van der Waals surface area (Å²) >= 11 is 6.64. The molecule has 5 rings (SSSR count). The number of amides is 2. The van der Waals surface area contributed by atoms with Gasteiger partial charge in [0.1, 0.15) is 28.3 Å². The van der Waals surface area contributed by atoms with E-state index in [4.69, 9.17) is 25.8 Å². The number of halogens is 2. The summed E-state index contributed by atoms with van der Waals surface area (Å²) in [6, 6.07) is 14.7. The van der Waals surface area contributed by atoms with Crippen LogP contribution in [-0.4, -0.2) is 81.8 Å². The second-order valence-electron chi connectivity index (χ2n) is 13.9. The van der Waals surface area contributed by atoms with Gasteiger partial charge in [0.25, 0.3) is 15.9 Å². The highest BCUT2D eigenvalue weighted by atomic mass is 35.5. The maximum absolute atomic E-state index is 15.9. The first-order valence-corrected chi connectivity index (χ1v) is 18.6. The Morgan fingerprint density at radius 3 is 2.34 bits per heavy atom. The van der Waals surface area contributed by atoms with Crippen molar-refractivity contribution in [2.45, 2.75) is 75.9 Å². The zero-order valence-corrected chi connectivity index (χ0v) is 30.9. The summed E-state index contributed by atoms with van der Waals surface area (Å²) in [5, 5.41) is 0.156. The van der Waals surface area contributed by atoms with Gasteiger partial charge in [-0.15, -0.1) is 0 Å². The van der Waals surface area contributed by atoms with Gasteiger partial charge in [0.15, 0.2) is 0 Å².